The summed E-state index contributed by atoms with van der Waals surface area (Å²) in [6, 6.07) is 5.26. The number of hydrogen-bond acceptors (Lipinski definition) is 4. The minimum Gasteiger partial charge on any atom is -0.496 e. The van der Waals surface area contributed by atoms with E-state index in [1.54, 1.807) is 25.3 Å². The van der Waals surface area contributed by atoms with Gasteiger partial charge in [0.1, 0.15) is 5.75 Å². The van der Waals surface area contributed by atoms with E-state index in [1.165, 1.54) is 7.11 Å². The van der Waals surface area contributed by atoms with Gasteiger partial charge >= 0.3 is 5.97 Å². The summed E-state index contributed by atoms with van der Waals surface area (Å²) in [5, 5.41) is 0. The van der Waals surface area contributed by atoms with Crippen molar-refractivity contribution in [2.24, 2.45) is 5.73 Å². The number of methoxy groups -OCH3 is 2. The Morgan fingerprint density at radius 2 is 2.12 bits per heavy atom. The highest BCUT2D eigenvalue weighted by atomic mass is 16.5. The van der Waals surface area contributed by atoms with Crippen LogP contribution in [-0.2, 0) is 11.2 Å². The maximum atomic E-state index is 11.4. The molecular formula is C12H17NO3. The van der Waals surface area contributed by atoms with E-state index in [9.17, 15) is 4.79 Å². The standard InChI is InChI=1S/C12H17NO3/c1-15-11-6-5-10(12(14)16-2)8-9(11)4-3-7-13/h5-6,8H,3-4,7,13H2,1-2H3. The van der Waals surface area contributed by atoms with Crippen LogP contribution in [0.15, 0.2) is 18.2 Å². The zero-order valence-corrected chi connectivity index (χ0v) is 9.66. The van der Waals surface area contributed by atoms with Crippen molar-refractivity contribution in [3.8, 4) is 5.75 Å². The largest absolute Gasteiger partial charge is 0.496 e. The number of rotatable bonds is 5. The van der Waals surface area contributed by atoms with E-state index in [0.717, 1.165) is 24.2 Å². The van der Waals surface area contributed by atoms with Gasteiger partial charge in [-0.15, -0.1) is 0 Å². The lowest BCUT2D eigenvalue weighted by molar-refractivity contribution is 0.0600. The lowest BCUT2D eigenvalue weighted by Gasteiger charge is -2.09. The van der Waals surface area contributed by atoms with Gasteiger partial charge in [0.2, 0.25) is 0 Å². The first-order chi connectivity index (χ1) is 7.72. The molecule has 16 heavy (non-hydrogen) atoms. The Bertz CT molecular complexity index is 363. The smallest absolute Gasteiger partial charge is 0.337 e. The minimum atomic E-state index is -0.336. The maximum Gasteiger partial charge on any atom is 0.337 e. The van der Waals surface area contributed by atoms with Gasteiger partial charge in [0.05, 0.1) is 19.8 Å². The molecule has 0 bridgehead atoms. The summed E-state index contributed by atoms with van der Waals surface area (Å²) in [5.41, 5.74) is 6.98. The van der Waals surface area contributed by atoms with Gasteiger partial charge < -0.3 is 15.2 Å². The fourth-order valence-corrected chi connectivity index (χ4v) is 1.51. The summed E-state index contributed by atoms with van der Waals surface area (Å²) < 4.78 is 9.88. The SMILES string of the molecule is COC(=O)c1ccc(OC)c(CCCN)c1. The topological polar surface area (TPSA) is 61.5 Å². The van der Waals surface area contributed by atoms with Crippen molar-refractivity contribution < 1.29 is 14.3 Å². The fourth-order valence-electron chi connectivity index (χ4n) is 1.51. The molecule has 0 atom stereocenters. The van der Waals surface area contributed by atoms with Gasteiger partial charge in [0, 0.05) is 0 Å². The zero-order chi connectivity index (χ0) is 12.0. The second-order valence-corrected chi connectivity index (χ2v) is 3.41. The monoisotopic (exact) mass is 223 g/mol. The number of carbonyl (C=O) groups excluding carboxylic acids is 1. The Morgan fingerprint density at radius 1 is 1.38 bits per heavy atom. The number of nitrogens with two attached hydrogens (primary N) is 1. The van der Waals surface area contributed by atoms with Gasteiger partial charge in [-0.25, -0.2) is 4.79 Å². The molecule has 0 spiro atoms. The number of carbonyl (C=O) groups is 1. The quantitative estimate of drug-likeness (QED) is 0.766. The average Bonchev–Trinajstić information content (AvgIpc) is 2.34. The van der Waals surface area contributed by atoms with E-state index in [2.05, 4.69) is 4.74 Å². The first-order valence-electron chi connectivity index (χ1n) is 5.18. The highest BCUT2D eigenvalue weighted by Crippen LogP contribution is 2.21. The summed E-state index contributed by atoms with van der Waals surface area (Å²) in [7, 11) is 2.98. The van der Waals surface area contributed by atoms with Crippen LogP contribution in [0.2, 0.25) is 0 Å². The van der Waals surface area contributed by atoms with Crippen LogP contribution in [0.1, 0.15) is 22.3 Å². The molecule has 0 fully saturated rings. The summed E-state index contributed by atoms with van der Waals surface area (Å²) >= 11 is 0. The van der Waals surface area contributed by atoms with Gasteiger partial charge in [-0.1, -0.05) is 0 Å². The molecule has 0 radical (unpaired) electrons. The van der Waals surface area contributed by atoms with Crippen molar-refractivity contribution in [1.29, 1.82) is 0 Å². The molecule has 1 rings (SSSR count). The zero-order valence-electron chi connectivity index (χ0n) is 9.66. The Balaban J connectivity index is 2.96. The molecular weight excluding hydrogens is 206 g/mol. The summed E-state index contributed by atoms with van der Waals surface area (Å²) in [6.45, 7) is 0.617. The van der Waals surface area contributed by atoms with Crippen LogP contribution >= 0.6 is 0 Å². The van der Waals surface area contributed by atoms with Crippen LogP contribution in [0.4, 0.5) is 0 Å². The van der Waals surface area contributed by atoms with Crippen molar-refractivity contribution in [3.05, 3.63) is 29.3 Å². The fraction of sp³-hybridized carbons (Fsp3) is 0.417. The maximum absolute atomic E-state index is 11.4. The van der Waals surface area contributed by atoms with E-state index < -0.39 is 0 Å². The molecule has 0 saturated carbocycles. The van der Waals surface area contributed by atoms with Crippen LogP contribution < -0.4 is 10.5 Å². The van der Waals surface area contributed by atoms with E-state index in [4.69, 9.17) is 10.5 Å². The molecule has 0 aromatic heterocycles. The second kappa shape index (κ2) is 6.12. The van der Waals surface area contributed by atoms with Gasteiger partial charge in [0.25, 0.3) is 0 Å². The average molecular weight is 223 g/mol. The van der Waals surface area contributed by atoms with E-state index in [0.29, 0.717) is 12.1 Å². The summed E-state index contributed by atoms with van der Waals surface area (Å²) in [6.07, 6.45) is 1.66. The molecule has 1 aromatic rings. The van der Waals surface area contributed by atoms with Crippen LogP contribution in [0.5, 0.6) is 5.75 Å². The minimum absolute atomic E-state index is 0.336. The highest BCUT2D eigenvalue weighted by molar-refractivity contribution is 5.89. The number of ether oxygens (including phenoxy) is 2. The van der Waals surface area contributed by atoms with Gasteiger partial charge in [-0.05, 0) is 43.1 Å². The summed E-state index contributed by atoms with van der Waals surface area (Å²) in [5.74, 6) is 0.442. The first-order valence-corrected chi connectivity index (χ1v) is 5.18. The Morgan fingerprint density at radius 3 is 2.69 bits per heavy atom. The molecule has 0 amide bonds. The van der Waals surface area contributed by atoms with Crippen molar-refractivity contribution in [2.75, 3.05) is 20.8 Å². The summed E-state index contributed by atoms with van der Waals surface area (Å²) in [4.78, 5) is 11.4. The molecule has 88 valence electrons. The molecule has 0 saturated heterocycles. The van der Waals surface area contributed by atoms with E-state index in [-0.39, 0.29) is 5.97 Å². The third kappa shape index (κ3) is 2.97. The van der Waals surface area contributed by atoms with Crippen molar-refractivity contribution in [3.63, 3.8) is 0 Å². The molecule has 0 unspecified atom stereocenters. The van der Waals surface area contributed by atoms with Crippen LogP contribution in [0.25, 0.3) is 0 Å². The Labute approximate surface area is 95.3 Å². The lowest BCUT2D eigenvalue weighted by Crippen LogP contribution is -2.05. The lowest BCUT2D eigenvalue weighted by atomic mass is 10.1. The molecule has 0 aliphatic carbocycles. The van der Waals surface area contributed by atoms with Gasteiger partial charge in [-0.3, -0.25) is 0 Å². The molecule has 1 aromatic carbocycles. The number of hydrogen-bond donors (Lipinski definition) is 1. The van der Waals surface area contributed by atoms with E-state index >= 15 is 0 Å². The van der Waals surface area contributed by atoms with Crippen molar-refractivity contribution in [2.45, 2.75) is 12.8 Å². The third-order valence-electron chi connectivity index (χ3n) is 2.35. The predicted octanol–water partition coefficient (Wildman–Crippen LogP) is 1.37. The number of aryl methyl sites for hydroxylation is 1. The van der Waals surface area contributed by atoms with Gasteiger partial charge in [-0.2, -0.15) is 0 Å². The number of benzene rings is 1. The third-order valence-corrected chi connectivity index (χ3v) is 2.35. The normalized spacial score (nSPS) is 9.94. The van der Waals surface area contributed by atoms with Crippen LogP contribution in [-0.4, -0.2) is 26.7 Å². The molecule has 4 nitrogen and oxygen atoms in total. The number of esters is 1. The second-order valence-electron chi connectivity index (χ2n) is 3.41. The Kier molecular flexibility index (Phi) is 4.79. The van der Waals surface area contributed by atoms with Crippen molar-refractivity contribution >= 4 is 5.97 Å². The molecule has 2 N–H and O–H groups in total. The highest BCUT2D eigenvalue weighted by Gasteiger charge is 2.09. The molecule has 0 heterocycles. The Hall–Kier alpha value is -1.55. The first kappa shape index (κ1) is 12.5. The molecule has 0 aliphatic rings. The van der Waals surface area contributed by atoms with Crippen LogP contribution in [0.3, 0.4) is 0 Å². The molecule has 0 aliphatic heterocycles. The van der Waals surface area contributed by atoms with Crippen LogP contribution in [0, 0.1) is 0 Å². The predicted molar refractivity (Wildman–Crippen MR) is 61.7 cm³/mol. The molecule has 4 heteroatoms. The van der Waals surface area contributed by atoms with E-state index in [1.807, 2.05) is 0 Å². The van der Waals surface area contributed by atoms with Gasteiger partial charge in [0.15, 0.2) is 0 Å². The van der Waals surface area contributed by atoms with Crippen molar-refractivity contribution in [1.82, 2.24) is 0 Å².